The first-order valence-electron chi connectivity index (χ1n) is 3.62. The van der Waals surface area contributed by atoms with Crippen LogP contribution in [0.15, 0.2) is 6.20 Å². The molecule has 0 bridgehead atoms. The summed E-state index contributed by atoms with van der Waals surface area (Å²) >= 11 is 0. The molecule has 0 unspecified atom stereocenters. The van der Waals surface area contributed by atoms with E-state index in [0.717, 1.165) is 6.20 Å². The summed E-state index contributed by atoms with van der Waals surface area (Å²) in [6, 6.07) is 0. The Morgan fingerprint density at radius 2 is 2.21 bits per heavy atom. The van der Waals surface area contributed by atoms with Gasteiger partial charge in [0.05, 0.1) is 16.8 Å². The molecule has 0 aliphatic carbocycles. The van der Waals surface area contributed by atoms with Crippen molar-refractivity contribution in [1.82, 2.24) is 4.98 Å². The molecule has 76 valence electrons. The Morgan fingerprint density at radius 3 is 2.64 bits per heavy atom. The Hall–Kier alpha value is -1.79. The lowest BCUT2D eigenvalue weighted by atomic mass is 10.1. The monoisotopic (exact) mass is 203 g/mol. The highest BCUT2D eigenvalue weighted by atomic mass is 19.3. The van der Waals surface area contributed by atoms with E-state index in [0.29, 0.717) is 0 Å². The van der Waals surface area contributed by atoms with Crippen LogP contribution in [0, 0.1) is 17.0 Å². The van der Waals surface area contributed by atoms with Crippen LogP contribution < -0.4 is 5.73 Å². The Bertz CT molecular complexity index is 381. The van der Waals surface area contributed by atoms with Crippen molar-refractivity contribution in [3.05, 3.63) is 27.4 Å². The lowest BCUT2D eigenvalue weighted by Crippen LogP contribution is -2.03. The maximum atomic E-state index is 12.3. The van der Waals surface area contributed by atoms with Gasteiger partial charge in [-0.3, -0.25) is 0 Å². The molecule has 0 aliphatic heterocycles. The molecule has 0 aromatic carbocycles. The second-order valence-electron chi connectivity index (χ2n) is 2.63. The summed E-state index contributed by atoms with van der Waals surface area (Å²) < 4.78 is 24.5. The molecule has 0 saturated carbocycles. The van der Waals surface area contributed by atoms with Crippen LogP contribution in [-0.4, -0.2) is 9.91 Å². The van der Waals surface area contributed by atoms with Crippen molar-refractivity contribution >= 4 is 11.5 Å². The SMILES string of the molecule is Cc1c([N+](=O)[O-])ncc(C(F)F)c1N. The quantitative estimate of drug-likeness (QED) is 0.587. The second kappa shape index (κ2) is 3.52. The first-order valence-corrected chi connectivity index (χ1v) is 3.62. The van der Waals surface area contributed by atoms with Crippen LogP contribution in [0.4, 0.5) is 20.3 Å². The smallest absolute Gasteiger partial charge is 0.368 e. The normalized spacial score (nSPS) is 10.6. The molecule has 2 N–H and O–H groups in total. The molecule has 0 saturated heterocycles. The van der Waals surface area contributed by atoms with E-state index in [1.54, 1.807) is 0 Å². The fourth-order valence-electron chi connectivity index (χ4n) is 0.992. The Balaban J connectivity index is 3.33. The minimum absolute atomic E-state index is 0.0344. The molecule has 0 spiro atoms. The van der Waals surface area contributed by atoms with Crippen molar-refractivity contribution in [3.8, 4) is 0 Å². The van der Waals surface area contributed by atoms with E-state index < -0.39 is 22.7 Å². The highest BCUT2D eigenvalue weighted by molar-refractivity contribution is 5.58. The molecule has 1 rings (SSSR count). The Kier molecular flexibility index (Phi) is 2.59. The molecule has 1 aromatic heterocycles. The van der Waals surface area contributed by atoms with Crippen LogP contribution in [0.5, 0.6) is 0 Å². The molecule has 1 heterocycles. The fourth-order valence-corrected chi connectivity index (χ4v) is 0.992. The number of nitrogens with zero attached hydrogens (tertiary/aromatic N) is 2. The van der Waals surface area contributed by atoms with Crippen molar-refractivity contribution in [2.75, 3.05) is 5.73 Å². The zero-order valence-corrected chi connectivity index (χ0v) is 7.20. The predicted octanol–water partition coefficient (Wildman–Crippen LogP) is 1.82. The van der Waals surface area contributed by atoms with Gasteiger partial charge in [-0.1, -0.05) is 0 Å². The van der Waals surface area contributed by atoms with Gasteiger partial charge in [0.2, 0.25) is 0 Å². The van der Waals surface area contributed by atoms with Crippen molar-refractivity contribution in [2.24, 2.45) is 0 Å². The van der Waals surface area contributed by atoms with E-state index in [1.165, 1.54) is 6.92 Å². The first-order chi connectivity index (χ1) is 6.45. The molecule has 5 nitrogen and oxygen atoms in total. The van der Waals surface area contributed by atoms with Gasteiger partial charge >= 0.3 is 5.82 Å². The van der Waals surface area contributed by atoms with Gasteiger partial charge in [-0.05, 0) is 16.8 Å². The molecular formula is C7H7F2N3O2. The minimum atomic E-state index is -2.78. The van der Waals surface area contributed by atoms with Gasteiger partial charge in [-0.15, -0.1) is 0 Å². The topological polar surface area (TPSA) is 82.0 Å². The zero-order chi connectivity index (χ0) is 10.9. The van der Waals surface area contributed by atoms with Crippen LogP contribution >= 0.6 is 0 Å². The predicted molar refractivity (Wildman–Crippen MR) is 45.0 cm³/mol. The highest BCUT2D eigenvalue weighted by Gasteiger charge is 2.22. The summed E-state index contributed by atoms with van der Waals surface area (Å²) in [6.45, 7) is 1.28. The molecule has 14 heavy (non-hydrogen) atoms. The van der Waals surface area contributed by atoms with Gasteiger partial charge in [-0.25, -0.2) is 8.78 Å². The number of anilines is 1. The number of hydrogen-bond acceptors (Lipinski definition) is 4. The number of hydrogen-bond donors (Lipinski definition) is 1. The van der Waals surface area contributed by atoms with Gasteiger partial charge in [0.15, 0.2) is 6.20 Å². The summed E-state index contributed by atoms with van der Waals surface area (Å²) in [5.74, 6) is -0.494. The van der Waals surface area contributed by atoms with Crippen molar-refractivity contribution in [1.29, 1.82) is 0 Å². The standard InChI is InChI=1S/C7H7F2N3O2/c1-3-5(10)4(6(8)9)2-11-7(3)12(13)14/h2,6H,1H3,(H2,10,11). The summed E-state index contributed by atoms with van der Waals surface area (Å²) in [7, 11) is 0. The number of rotatable bonds is 2. The first kappa shape index (κ1) is 10.3. The van der Waals surface area contributed by atoms with Gasteiger partial charge < -0.3 is 15.8 Å². The number of alkyl halides is 2. The molecule has 0 atom stereocenters. The minimum Gasteiger partial charge on any atom is -0.398 e. The zero-order valence-electron chi connectivity index (χ0n) is 7.20. The van der Waals surface area contributed by atoms with Gasteiger partial charge in [-0.2, -0.15) is 0 Å². The molecule has 7 heteroatoms. The largest absolute Gasteiger partial charge is 0.398 e. The Labute approximate surface area is 77.7 Å². The third-order valence-corrected chi connectivity index (χ3v) is 1.78. The number of nitrogens with two attached hydrogens (primary N) is 1. The van der Waals surface area contributed by atoms with E-state index >= 15 is 0 Å². The third kappa shape index (κ3) is 1.61. The lowest BCUT2D eigenvalue weighted by molar-refractivity contribution is -0.390. The number of nitro groups is 1. The van der Waals surface area contributed by atoms with Gasteiger partial charge in [0.25, 0.3) is 6.43 Å². The lowest BCUT2D eigenvalue weighted by Gasteiger charge is -2.05. The second-order valence-corrected chi connectivity index (χ2v) is 2.63. The van der Waals surface area contributed by atoms with Crippen LogP contribution in [0.25, 0.3) is 0 Å². The van der Waals surface area contributed by atoms with Gasteiger partial charge in [0.1, 0.15) is 0 Å². The van der Waals surface area contributed by atoms with E-state index in [1.807, 2.05) is 0 Å². The van der Waals surface area contributed by atoms with E-state index in [-0.39, 0.29) is 11.3 Å². The Morgan fingerprint density at radius 1 is 1.64 bits per heavy atom. The van der Waals surface area contributed by atoms with Crippen molar-refractivity contribution in [2.45, 2.75) is 13.3 Å². The third-order valence-electron chi connectivity index (χ3n) is 1.78. The van der Waals surface area contributed by atoms with E-state index in [9.17, 15) is 18.9 Å². The molecule has 1 aromatic rings. The maximum Gasteiger partial charge on any atom is 0.368 e. The average Bonchev–Trinajstić information content (AvgIpc) is 2.08. The number of halogens is 2. The summed E-state index contributed by atoms with van der Waals surface area (Å²) in [6.07, 6.45) is -2.05. The summed E-state index contributed by atoms with van der Waals surface area (Å²) in [4.78, 5) is 12.9. The number of nitrogen functional groups attached to an aromatic ring is 1. The van der Waals surface area contributed by atoms with Crippen LogP contribution in [-0.2, 0) is 0 Å². The van der Waals surface area contributed by atoms with E-state index in [2.05, 4.69) is 4.98 Å². The van der Waals surface area contributed by atoms with Crippen LogP contribution in [0.1, 0.15) is 17.6 Å². The van der Waals surface area contributed by atoms with Gasteiger partial charge in [0, 0.05) is 0 Å². The van der Waals surface area contributed by atoms with Crippen LogP contribution in [0.3, 0.4) is 0 Å². The molecular weight excluding hydrogens is 196 g/mol. The van der Waals surface area contributed by atoms with E-state index in [4.69, 9.17) is 5.73 Å². The number of pyridine rings is 1. The highest BCUT2D eigenvalue weighted by Crippen LogP contribution is 2.30. The van der Waals surface area contributed by atoms with Crippen molar-refractivity contribution in [3.63, 3.8) is 0 Å². The summed E-state index contributed by atoms with van der Waals surface area (Å²) in [5.41, 5.74) is 4.51. The average molecular weight is 203 g/mol. The fraction of sp³-hybridized carbons (Fsp3) is 0.286. The molecule has 0 radical (unpaired) electrons. The molecule has 0 aliphatic rings. The van der Waals surface area contributed by atoms with Crippen LogP contribution in [0.2, 0.25) is 0 Å². The summed E-state index contributed by atoms with van der Waals surface area (Å²) in [5, 5.41) is 10.4. The maximum absolute atomic E-state index is 12.3. The molecule has 0 fully saturated rings. The van der Waals surface area contributed by atoms with Crippen molar-refractivity contribution < 1.29 is 13.7 Å². The molecule has 0 amide bonds. The number of aromatic nitrogens is 1.